The molecule has 4 nitrogen and oxygen atoms in total. The number of aliphatic hydroxyl groups excluding tert-OH is 1. The summed E-state index contributed by atoms with van der Waals surface area (Å²) < 4.78 is 38.9. The highest BCUT2D eigenvalue weighted by Crippen LogP contribution is 2.16. The van der Waals surface area contributed by atoms with Crippen LogP contribution in [0.4, 0.5) is 18.0 Å². The number of hydrogen-bond donors (Lipinski definition) is 3. The zero-order chi connectivity index (χ0) is 13.7. The van der Waals surface area contributed by atoms with E-state index in [2.05, 4.69) is 5.32 Å². The summed E-state index contributed by atoms with van der Waals surface area (Å²) in [5.74, 6) is -3.46. The Bertz CT molecular complexity index is 440. The minimum absolute atomic E-state index is 0.0464. The fraction of sp³-hybridized carbons (Fsp3) is 0.364. The van der Waals surface area contributed by atoms with Crippen molar-refractivity contribution in [2.24, 2.45) is 0 Å². The Morgan fingerprint density at radius 2 is 1.83 bits per heavy atom. The number of nitrogens with one attached hydrogen (secondary N) is 1. The molecule has 0 aromatic heterocycles. The SMILES string of the molecule is O=C(O)N[C@@H](CCO)Cc1cc(F)c(F)cc1F. The first-order valence-electron chi connectivity index (χ1n) is 5.17. The molecule has 100 valence electrons. The highest BCUT2D eigenvalue weighted by atomic mass is 19.2. The first-order valence-corrected chi connectivity index (χ1v) is 5.17. The molecule has 0 radical (unpaired) electrons. The highest BCUT2D eigenvalue weighted by molar-refractivity contribution is 5.64. The molecule has 0 bridgehead atoms. The van der Waals surface area contributed by atoms with Crippen molar-refractivity contribution in [3.8, 4) is 0 Å². The van der Waals surface area contributed by atoms with Crippen molar-refractivity contribution in [3.05, 3.63) is 35.1 Å². The number of rotatable bonds is 5. The van der Waals surface area contributed by atoms with Gasteiger partial charge in [0.25, 0.3) is 0 Å². The second-order valence-corrected chi connectivity index (χ2v) is 3.72. The van der Waals surface area contributed by atoms with Crippen LogP contribution in [0.1, 0.15) is 12.0 Å². The van der Waals surface area contributed by atoms with Crippen LogP contribution >= 0.6 is 0 Å². The van der Waals surface area contributed by atoms with Gasteiger partial charge in [0.15, 0.2) is 11.6 Å². The van der Waals surface area contributed by atoms with Gasteiger partial charge in [0.1, 0.15) is 5.82 Å². The topological polar surface area (TPSA) is 69.6 Å². The van der Waals surface area contributed by atoms with E-state index in [0.29, 0.717) is 12.1 Å². The minimum Gasteiger partial charge on any atom is -0.465 e. The second kappa shape index (κ2) is 6.25. The second-order valence-electron chi connectivity index (χ2n) is 3.72. The van der Waals surface area contributed by atoms with Crippen LogP contribution in [0, 0.1) is 17.5 Å². The Hall–Kier alpha value is -1.76. The summed E-state index contributed by atoms with van der Waals surface area (Å²) in [6, 6.07) is 0.312. The van der Waals surface area contributed by atoms with E-state index in [1.54, 1.807) is 0 Å². The molecule has 0 heterocycles. The molecule has 0 fully saturated rings. The lowest BCUT2D eigenvalue weighted by Crippen LogP contribution is -2.36. The van der Waals surface area contributed by atoms with Gasteiger partial charge < -0.3 is 15.5 Å². The Balaban J connectivity index is 2.86. The van der Waals surface area contributed by atoms with Gasteiger partial charge in [0.05, 0.1) is 0 Å². The number of carboxylic acid groups (broad SMARTS) is 1. The molecule has 18 heavy (non-hydrogen) atoms. The smallest absolute Gasteiger partial charge is 0.404 e. The van der Waals surface area contributed by atoms with E-state index in [0.717, 1.165) is 0 Å². The van der Waals surface area contributed by atoms with Gasteiger partial charge >= 0.3 is 6.09 Å². The summed E-state index contributed by atoms with van der Waals surface area (Å²) in [5, 5.41) is 19.3. The molecule has 1 amide bonds. The molecule has 1 atom stereocenters. The molecule has 0 spiro atoms. The van der Waals surface area contributed by atoms with Gasteiger partial charge in [-0.15, -0.1) is 0 Å². The number of hydrogen-bond acceptors (Lipinski definition) is 2. The van der Waals surface area contributed by atoms with Crippen molar-refractivity contribution in [2.45, 2.75) is 18.9 Å². The fourth-order valence-corrected chi connectivity index (χ4v) is 1.54. The van der Waals surface area contributed by atoms with Crippen LogP contribution in [0.5, 0.6) is 0 Å². The van der Waals surface area contributed by atoms with Gasteiger partial charge in [-0.3, -0.25) is 0 Å². The molecular formula is C11H12F3NO3. The first-order chi connectivity index (χ1) is 8.43. The largest absolute Gasteiger partial charge is 0.465 e. The van der Waals surface area contributed by atoms with Gasteiger partial charge in [-0.1, -0.05) is 0 Å². The van der Waals surface area contributed by atoms with Crippen LogP contribution in [-0.4, -0.2) is 29.0 Å². The van der Waals surface area contributed by atoms with Crippen molar-refractivity contribution in [1.29, 1.82) is 0 Å². The molecule has 0 unspecified atom stereocenters. The standard InChI is InChI=1S/C11H12F3NO3/c12-8-5-10(14)9(13)4-6(8)3-7(1-2-16)15-11(17)18/h4-5,7,15-16H,1-3H2,(H,17,18)/t7-/m0/s1. The third-order valence-corrected chi connectivity index (χ3v) is 2.36. The molecule has 0 saturated carbocycles. The maximum Gasteiger partial charge on any atom is 0.404 e. The monoisotopic (exact) mass is 263 g/mol. The maximum atomic E-state index is 13.3. The van der Waals surface area contributed by atoms with Gasteiger partial charge in [-0.25, -0.2) is 18.0 Å². The predicted octanol–water partition coefficient (Wildman–Crippen LogP) is 1.66. The van der Waals surface area contributed by atoms with Gasteiger partial charge in [0.2, 0.25) is 0 Å². The average Bonchev–Trinajstić information content (AvgIpc) is 2.25. The summed E-state index contributed by atoms with van der Waals surface area (Å²) in [5.41, 5.74) is -0.152. The van der Waals surface area contributed by atoms with Gasteiger partial charge in [-0.2, -0.15) is 0 Å². The van der Waals surface area contributed by atoms with E-state index in [1.165, 1.54) is 0 Å². The maximum absolute atomic E-state index is 13.3. The number of aliphatic hydroxyl groups is 1. The lowest BCUT2D eigenvalue weighted by molar-refractivity contribution is 0.185. The van der Waals surface area contributed by atoms with Gasteiger partial charge in [-0.05, 0) is 24.5 Å². The highest BCUT2D eigenvalue weighted by Gasteiger charge is 2.16. The van der Waals surface area contributed by atoms with Crippen LogP contribution in [0.3, 0.4) is 0 Å². The van der Waals surface area contributed by atoms with E-state index in [4.69, 9.17) is 10.2 Å². The number of benzene rings is 1. The van der Waals surface area contributed by atoms with E-state index in [1.807, 2.05) is 0 Å². The molecule has 7 heteroatoms. The van der Waals surface area contributed by atoms with E-state index in [-0.39, 0.29) is 25.0 Å². The lowest BCUT2D eigenvalue weighted by Gasteiger charge is -2.16. The number of amides is 1. The normalized spacial score (nSPS) is 12.2. The fourth-order valence-electron chi connectivity index (χ4n) is 1.54. The lowest BCUT2D eigenvalue weighted by atomic mass is 10.0. The third-order valence-electron chi connectivity index (χ3n) is 2.36. The van der Waals surface area contributed by atoms with Crippen molar-refractivity contribution < 1.29 is 28.2 Å². The van der Waals surface area contributed by atoms with Gasteiger partial charge in [0, 0.05) is 18.7 Å². The van der Waals surface area contributed by atoms with Crippen LogP contribution < -0.4 is 5.32 Å². The van der Waals surface area contributed by atoms with Crippen molar-refractivity contribution in [3.63, 3.8) is 0 Å². The molecule has 0 aliphatic carbocycles. The summed E-state index contributed by atoms with van der Waals surface area (Å²) >= 11 is 0. The molecule has 1 aromatic rings. The first kappa shape index (κ1) is 14.3. The minimum atomic E-state index is -1.34. The van der Waals surface area contributed by atoms with E-state index < -0.39 is 29.6 Å². The van der Waals surface area contributed by atoms with Crippen molar-refractivity contribution >= 4 is 6.09 Å². The molecule has 0 aliphatic heterocycles. The summed E-state index contributed by atoms with van der Waals surface area (Å²) in [6.07, 6.45) is -1.46. The number of carbonyl (C=O) groups is 1. The summed E-state index contributed by atoms with van der Waals surface area (Å²) in [7, 11) is 0. The van der Waals surface area contributed by atoms with Crippen LogP contribution in [0.25, 0.3) is 0 Å². The quantitative estimate of drug-likeness (QED) is 0.708. The molecular weight excluding hydrogens is 251 g/mol. The third kappa shape index (κ3) is 3.92. The zero-order valence-electron chi connectivity index (χ0n) is 9.29. The molecule has 1 aromatic carbocycles. The molecule has 0 saturated heterocycles. The Labute approximate surface area is 101 Å². The van der Waals surface area contributed by atoms with Crippen molar-refractivity contribution in [1.82, 2.24) is 5.32 Å². The predicted molar refractivity (Wildman–Crippen MR) is 56.7 cm³/mol. The average molecular weight is 263 g/mol. The van der Waals surface area contributed by atoms with Crippen LogP contribution in [0.15, 0.2) is 12.1 Å². The van der Waals surface area contributed by atoms with Crippen molar-refractivity contribution in [2.75, 3.05) is 6.61 Å². The summed E-state index contributed by atoms with van der Waals surface area (Å²) in [6.45, 7) is -0.309. The Morgan fingerprint density at radius 1 is 1.22 bits per heavy atom. The zero-order valence-corrected chi connectivity index (χ0v) is 9.29. The van der Waals surface area contributed by atoms with E-state index in [9.17, 15) is 18.0 Å². The molecule has 3 N–H and O–H groups in total. The Morgan fingerprint density at radius 3 is 2.39 bits per heavy atom. The van der Waals surface area contributed by atoms with E-state index >= 15 is 0 Å². The van der Waals surface area contributed by atoms with Crippen LogP contribution in [-0.2, 0) is 6.42 Å². The van der Waals surface area contributed by atoms with Crippen LogP contribution in [0.2, 0.25) is 0 Å². The number of halogens is 3. The molecule has 1 rings (SSSR count). The molecule has 0 aliphatic rings. The Kier molecular flexibility index (Phi) is 4.96. The summed E-state index contributed by atoms with van der Waals surface area (Å²) in [4.78, 5) is 10.5.